The first-order valence-corrected chi connectivity index (χ1v) is 8.36. The Morgan fingerprint density at radius 1 is 1.35 bits per heavy atom. The molecular weight excluding hydrogens is 336 g/mol. The van der Waals surface area contributed by atoms with E-state index in [4.69, 9.17) is 4.52 Å². The van der Waals surface area contributed by atoms with Gasteiger partial charge in [0.15, 0.2) is 0 Å². The lowest BCUT2D eigenvalue weighted by Gasteiger charge is -2.25. The summed E-state index contributed by atoms with van der Waals surface area (Å²) in [5.41, 5.74) is 2.56. The lowest BCUT2D eigenvalue weighted by molar-refractivity contribution is 0.0731. The van der Waals surface area contributed by atoms with Crippen molar-refractivity contribution in [1.29, 1.82) is 0 Å². The fraction of sp³-hybridized carbons (Fsp3) is 0.353. The summed E-state index contributed by atoms with van der Waals surface area (Å²) in [7, 11) is 0. The van der Waals surface area contributed by atoms with Crippen LogP contribution >= 0.6 is 0 Å². The van der Waals surface area contributed by atoms with Gasteiger partial charge in [0.25, 0.3) is 5.91 Å². The number of phenols is 1. The molecule has 0 aliphatic carbocycles. The molecule has 3 aromatic rings. The predicted octanol–water partition coefficient (Wildman–Crippen LogP) is 1.95. The summed E-state index contributed by atoms with van der Waals surface area (Å²) in [5.74, 6) is 0.412. The maximum Gasteiger partial charge on any atom is 0.258 e. The summed E-state index contributed by atoms with van der Waals surface area (Å²) < 4.78 is 6.71. The largest absolute Gasteiger partial charge is 0.507 e. The molecule has 1 saturated heterocycles. The Kier molecular flexibility index (Phi) is 3.90. The quantitative estimate of drug-likeness (QED) is 0.765. The molecule has 0 bridgehead atoms. The van der Waals surface area contributed by atoms with Gasteiger partial charge in [-0.2, -0.15) is 0 Å². The Balaban J connectivity index is 1.70. The van der Waals surface area contributed by atoms with E-state index >= 15 is 0 Å². The Bertz CT molecular complexity index is 930. The molecule has 4 rings (SSSR count). The van der Waals surface area contributed by atoms with Gasteiger partial charge < -0.3 is 14.5 Å². The zero-order chi connectivity index (χ0) is 18.3. The molecule has 0 spiro atoms. The molecule has 1 aromatic carbocycles. The number of hydrogen-bond donors (Lipinski definition) is 1. The molecule has 0 saturated carbocycles. The second-order valence-electron chi connectivity index (χ2n) is 6.35. The molecule has 9 heteroatoms. The van der Waals surface area contributed by atoms with E-state index in [1.807, 2.05) is 13.8 Å². The lowest BCUT2D eigenvalue weighted by Crippen LogP contribution is -2.31. The van der Waals surface area contributed by atoms with Gasteiger partial charge in [-0.15, -0.1) is 5.10 Å². The van der Waals surface area contributed by atoms with Crippen LogP contribution in [-0.4, -0.2) is 47.8 Å². The van der Waals surface area contributed by atoms with Crippen LogP contribution in [0.5, 0.6) is 5.75 Å². The van der Waals surface area contributed by atoms with Gasteiger partial charge in [-0.1, -0.05) is 5.16 Å². The lowest BCUT2D eigenvalue weighted by atomic mass is 10.0. The van der Waals surface area contributed by atoms with E-state index in [0.29, 0.717) is 12.2 Å². The average Bonchev–Trinajstić information content (AvgIpc) is 3.36. The molecule has 1 N–H and O–H groups in total. The van der Waals surface area contributed by atoms with Crippen LogP contribution in [0.25, 0.3) is 5.69 Å². The van der Waals surface area contributed by atoms with Crippen molar-refractivity contribution in [2.75, 3.05) is 6.54 Å². The number of aromatic hydroxyl groups is 1. The second-order valence-corrected chi connectivity index (χ2v) is 6.35. The highest BCUT2D eigenvalue weighted by Gasteiger charge is 2.35. The third kappa shape index (κ3) is 2.61. The highest BCUT2D eigenvalue weighted by molar-refractivity contribution is 5.97. The first-order chi connectivity index (χ1) is 12.6. The van der Waals surface area contributed by atoms with Gasteiger partial charge in [0.1, 0.15) is 17.8 Å². The number of amides is 1. The summed E-state index contributed by atoms with van der Waals surface area (Å²) >= 11 is 0. The van der Waals surface area contributed by atoms with Gasteiger partial charge in [0.2, 0.25) is 0 Å². The number of benzene rings is 1. The SMILES string of the molecule is Cc1noc(C)c1[C@@H]1CCCN1C(=O)c1cc(-n2cnnn2)ccc1O. The topological polar surface area (TPSA) is 110 Å². The molecule has 1 atom stereocenters. The van der Waals surface area contributed by atoms with Crippen LogP contribution in [0.15, 0.2) is 29.0 Å². The molecule has 26 heavy (non-hydrogen) atoms. The summed E-state index contributed by atoms with van der Waals surface area (Å²) in [6, 6.07) is 4.62. The van der Waals surface area contributed by atoms with Crippen molar-refractivity contribution in [3.63, 3.8) is 0 Å². The summed E-state index contributed by atoms with van der Waals surface area (Å²) in [5, 5.41) is 25.3. The van der Waals surface area contributed by atoms with Crippen LogP contribution in [0.2, 0.25) is 0 Å². The number of rotatable bonds is 3. The van der Waals surface area contributed by atoms with E-state index < -0.39 is 0 Å². The number of carbonyl (C=O) groups is 1. The Hall–Kier alpha value is -3.23. The Morgan fingerprint density at radius 2 is 2.19 bits per heavy atom. The van der Waals surface area contributed by atoms with Crippen molar-refractivity contribution in [1.82, 2.24) is 30.3 Å². The molecule has 134 valence electrons. The number of nitrogens with zero attached hydrogens (tertiary/aromatic N) is 6. The van der Waals surface area contributed by atoms with E-state index in [1.54, 1.807) is 17.0 Å². The van der Waals surface area contributed by atoms with Gasteiger partial charge in [-0.3, -0.25) is 4.79 Å². The summed E-state index contributed by atoms with van der Waals surface area (Å²) in [6.07, 6.45) is 3.15. The number of hydrogen-bond acceptors (Lipinski definition) is 7. The van der Waals surface area contributed by atoms with E-state index in [9.17, 15) is 9.90 Å². The Morgan fingerprint density at radius 3 is 2.88 bits per heavy atom. The van der Waals surface area contributed by atoms with Crippen LogP contribution in [0.4, 0.5) is 0 Å². The smallest absolute Gasteiger partial charge is 0.258 e. The zero-order valence-electron chi connectivity index (χ0n) is 14.5. The van der Waals surface area contributed by atoms with Crippen molar-refractivity contribution in [3.05, 3.63) is 47.1 Å². The molecule has 9 nitrogen and oxygen atoms in total. The van der Waals surface area contributed by atoms with Crippen LogP contribution in [0.3, 0.4) is 0 Å². The molecule has 3 heterocycles. The minimum absolute atomic E-state index is 0.0729. The van der Waals surface area contributed by atoms with Crippen LogP contribution in [0.1, 0.15) is 46.3 Å². The first kappa shape index (κ1) is 16.2. The van der Waals surface area contributed by atoms with Crippen molar-refractivity contribution < 1.29 is 14.4 Å². The molecule has 0 radical (unpaired) electrons. The van der Waals surface area contributed by atoms with Crippen molar-refractivity contribution >= 4 is 5.91 Å². The van der Waals surface area contributed by atoms with E-state index in [0.717, 1.165) is 29.9 Å². The standard InChI is InChI=1S/C17H18N6O3/c1-10-16(11(2)26-19-10)14-4-3-7-22(14)17(25)13-8-12(5-6-15(13)24)23-9-18-20-21-23/h5-6,8-9,14,24H,3-4,7H2,1-2H3/t14-/m0/s1. The van der Waals surface area contributed by atoms with E-state index in [2.05, 4.69) is 20.7 Å². The highest BCUT2D eigenvalue weighted by Crippen LogP contribution is 2.37. The minimum Gasteiger partial charge on any atom is -0.507 e. The normalized spacial score (nSPS) is 17.0. The number of likely N-dealkylation sites (tertiary alicyclic amines) is 1. The molecule has 2 aromatic heterocycles. The van der Waals surface area contributed by atoms with Crippen LogP contribution in [0, 0.1) is 13.8 Å². The number of tetrazole rings is 1. The molecule has 1 aliphatic heterocycles. The number of aryl methyl sites for hydroxylation is 2. The van der Waals surface area contributed by atoms with Crippen molar-refractivity contribution in [3.8, 4) is 11.4 Å². The Labute approximate surface area is 149 Å². The van der Waals surface area contributed by atoms with Gasteiger partial charge in [0.05, 0.1) is 23.0 Å². The molecule has 1 amide bonds. The maximum absolute atomic E-state index is 13.2. The fourth-order valence-electron chi connectivity index (χ4n) is 3.55. The van der Waals surface area contributed by atoms with Crippen LogP contribution < -0.4 is 0 Å². The third-order valence-corrected chi connectivity index (χ3v) is 4.76. The average molecular weight is 354 g/mol. The van der Waals surface area contributed by atoms with E-state index in [-0.39, 0.29) is 23.3 Å². The first-order valence-electron chi connectivity index (χ1n) is 8.36. The minimum atomic E-state index is -0.236. The second kappa shape index (κ2) is 6.25. The van der Waals surface area contributed by atoms with Gasteiger partial charge in [-0.05, 0) is 55.3 Å². The molecular formula is C17H18N6O3. The fourth-order valence-corrected chi connectivity index (χ4v) is 3.55. The molecule has 1 fully saturated rings. The number of phenolic OH excluding ortho intramolecular Hbond substituents is 1. The number of aromatic nitrogens is 5. The summed E-state index contributed by atoms with van der Waals surface area (Å²) in [4.78, 5) is 14.9. The van der Waals surface area contributed by atoms with Crippen molar-refractivity contribution in [2.45, 2.75) is 32.7 Å². The van der Waals surface area contributed by atoms with Crippen molar-refractivity contribution in [2.24, 2.45) is 0 Å². The third-order valence-electron chi connectivity index (χ3n) is 4.76. The maximum atomic E-state index is 13.2. The zero-order valence-corrected chi connectivity index (χ0v) is 14.5. The number of carbonyl (C=O) groups excluding carboxylic acids is 1. The highest BCUT2D eigenvalue weighted by atomic mass is 16.5. The molecule has 0 unspecified atom stereocenters. The monoisotopic (exact) mass is 354 g/mol. The van der Waals surface area contributed by atoms with Gasteiger partial charge in [-0.25, -0.2) is 4.68 Å². The summed E-state index contributed by atoms with van der Waals surface area (Å²) in [6.45, 7) is 4.34. The van der Waals surface area contributed by atoms with E-state index in [1.165, 1.54) is 17.1 Å². The molecule has 1 aliphatic rings. The van der Waals surface area contributed by atoms with Gasteiger partial charge >= 0.3 is 0 Å². The predicted molar refractivity (Wildman–Crippen MR) is 89.8 cm³/mol. The van der Waals surface area contributed by atoms with Gasteiger partial charge in [0, 0.05) is 12.1 Å². The van der Waals surface area contributed by atoms with Crippen LogP contribution in [-0.2, 0) is 0 Å².